The number of hydrogen-bond donors (Lipinski definition) is 1. The quantitative estimate of drug-likeness (QED) is 0.870. The SMILES string of the molecule is CCOC(=O)NCC[C@]12CCCO[C@H]1N(C(=O)OCC)c1ccccc12. The average Bonchev–Trinajstić information content (AvgIpc) is 2.93. The first kappa shape index (κ1) is 18.5. The highest BCUT2D eigenvalue weighted by atomic mass is 16.6. The fourth-order valence-corrected chi connectivity index (χ4v) is 4.03. The molecule has 7 nitrogen and oxygen atoms in total. The first-order chi connectivity index (χ1) is 12.6. The number of amides is 2. The molecule has 1 N–H and O–H groups in total. The van der Waals surface area contributed by atoms with Gasteiger partial charge in [0.25, 0.3) is 0 Å². The van der Waals surface area contributed by atoms with E-state index >= 15 is 0 Å². The molecule has 0 spiro atoms. The van der Waals surface area contributed by atoms with Crippen molar-refractivity contribution in [1.29, 1.82) is 0 Å². The van der Waals surface area contributed by atoms with Gasteiger partial charge in [0.1, 0.15) is 6.23 Å². The second-order valence-electron chi connectivity index (χ2n) is 6.47. The van der Waals surface area contributed by atoms with Crippen LogP contribution in [0.5, 0.6) is 0 Å². The number of para-hydroxylation sites is 1. The van der Waals surface area contributed by atoms with E-state index in [1.54, 1.807) is 18.7 Å². The molecule has 0 aromatic heterocycles. The summed E-state index contributed by atoms with van der Waals surface area (Å²) in [4.78, 5) is 25.9. The first-order valence-electron chi connectivity index (χ1n) is 9.21. The van der Waals surface area contributed by atoms with Crippen LogP contribution in [0.2, 0.25) is 0 Å². The van der Waals surface area contributed by atoms with Gasteiger partial charge in [0.2, 0.25) is 0 Å². The topological polar surface area (TPSA) is 77.1 Å². The maximum atomic E-state index is 12.6. The van der Waals surface area contributed by atoms with Gasteiger partial charge in [0.05, 0.1) is 18.9 Å². The molecule has 2 amide bonds. The number of rotatable bonds is 5. The molecule has 2 atom stereocenters. The number of anilines is 1. The van der Waals surface area contributed by atoms with Gasteiger partial charge in [-0.05, 0) is 44.7 Å². The van der Waals surface area contributed by atoms with Crippen molar-refractivity contribution in [3.63, 3.8) is 0 Å². The Bertz CT molecular complexity index is 665. The van der Waals surface area contributed by atoms with E-state index in [1.165, 1.54) is 0 Å². The molecule has 2 aliphatic heterocycles. The number of nitrogens with one attached hydrogen (secondary N) is 1. The van der Waals surface area contributed by atoms with E-state index in [9.17, 15) is 9.59 Å². The van der Waals surface area contributed by atoms with Gasteiger partial charge in [0, 0.05) is 18.6 Å². The van der Waals surface area contributed by atoms with Crippen LogP contribution in [0.1, 0.15) is 38.7 Å². The first-order valence-corrected chi connectivity index (χ1v) is 9.21. The van der Waals surface area contributed by atoms with E-state index in [4.69, 9.17) is 14.2 Å². The van der Waals surface area contributed by atoms with Crippen LogP contribution >= 0.6 is 0 Å². The van der Waals surface area contributed by atoms with Gasteiger partial charge >= 0.3 is 12.2 Å². The van der Waals surface area contributed by atoms with Crippen LogP contribution in [0.4, 0.5) is 15.3 Å². The molecule has 3 rings (SSSR count). The van der Waals surface area contributed by atoms with Gasteiger partial charge in [0.15, 0.2) is 0 Å². The number of carbonyl (C=O) groups excluding carboxylic acids is 2. The molecule has 1 aromatic carbocycles. The fourth-order valence-electron chi connectivity index (χ4n) is 4.03. The standard InChI is InChI=1S/C19H26N2O5/c1-3-24-17(22)20-12-11-19-10-7-13-26-16(19)21(18(23)25-4-2)15-9-6-5-8-14(15)19/h5-6,8-9,16H,3-4,7,10-13H2,1-2H3,(H,20,22)/t16-,19+/m1/s1. The molecule has 0 aliphatic carbocycles. The molecule has 0 saturated carbocycles. The highest BCUT2D eigenvalue weighted by Crippen LogP contribution is 2.52. The lowest BCUT2D eigenvalue weighted by molar-refractivity contribution is -0.0396. The molecule has 1 saturated heterocycles. The smallest absolute Gasteiger partial charge is 0.416 e. The van der Waals surface area contributed by atoms with E-state index in [0.29, 0.717) is 32.8 Å². The van der Waals surface area contributed by atoms with Crippen molar-refractivity contribution in [3.05, 3.63) is 29.8 Å². The zero-order valence-corrected chi connectivity index (χ0v) is 15.3. The molecule has 0 unspecified atom stereocenters. The summed E-state index contributed by atoms with van der Waals surface area (Å²) in [5.74, 6) is 0. The number of alkyl carbamates (subject to hydrolysis) is 1. The van der Waals surface area contributed by atoms with Crippen molar-refractivity contribution in [1.82, 2.24) is 5.32 Å². The summed E-state index contributed by atoms with van der Waals surface area (Å²) in [6.45, 7) is 5.25. The summed E-state index contributed by atoms with van der Waals surface area (Å²) >= 11 is 0. The second kappa shape index (κ2) is 7.95. The van der Waals surface area contributed by atoms with E-state index in [0.717, 1.165) is 24.1 Å². The fraction of sp³-hybridized carbons (Fsp3) is 0.579. The van der Waals surface area contributed by atoms with Crippen LogP contribution in [0, 0.1) is 0 Å². The van der Waals surface area contributed by atoms with E-state index in [2.05, 4.69) is 5.32 Å². The predicted molar refractivity (Wildman–Crippen MR) is 96.2 cm³/mol. The van der Waals surface area contributed by atoms with Gasteiger partial charge in [-0.3, -0.25) is 0 Å². The molecule has 142 valence electrons. The minimum Gasteiger partial charge on any atom is -0.450 e. The third-order valence-corrected chi connectivity index (χ3v) is 5.03. The molecule has 0 radical (unpaired) electrons. The number of carbonyl (C=O) groups is 2. The Kier molecular flexibility index (Phi) is 5.66. The highest BCUT2D eigenvalue weighted by molar-refractivity contribution is 5.92. The average molecular weight is 362 g/mol. The third kappa shape index (κ3) is 3.23. The molecular formula is C19H26N2O5. The summed E-state index contributed by atoms with van der Waals surface area (Å²) in [7, 11) is 0. The second-order valence-corrected chi connectivity index (χ2v) is 6.47. The number of benzene rings is 1. The molecule has 26 heavy (non-hydrogen) atoms. The monoisotopic (exact) mass is 362 g/mol. The third-order valence-electron chi connectivity index (χ3n) is 5.03. The Morgan fingerprint density at radius 2 is 2.04 bits per heavy atom. The minimum absolute atomic E-state index is 0.307. The van der Waals surface area contributed by atoms with E-state index < -0.39 is 18.4 Å². The Hall–Kier alpha value is -2.28. The maximum Gasteiger partial charge on any atom is 0.416 e. The summed E-state index contributed by atoms with van der Waals surface area (Å²) < 4.78 is 16.3. The van der Waals surface area contributed by atoms with Crippen LogP contribution in [0.15, 0.2) is 24.3 Å². The van der Waals surface area contributed by atoms with Crippen molar-refractivity contribution >= 4 is 17.9 Å². The van der Waals surface area contributed by atoms with Crippen LogP contribution < -0.4 is 10.2 Å². The van der Waals surface area contributed by atoms with E-state index in [1.807, 2.05) is 24.3 Å². The lowest BCUT2D eigenvalue weighted by Gasteiger charge is -2.41. The van der Waals surface area contributed by atoms with Crippen LogP contribution in [-0.4, -0.2) is 44.8 Å². The van der Waals surface area contributed by atoms with Gasteiger partial charge in [-0.15, -0.1) is 0 Å². The lowest BCUT2D eigenvalue weighted by atomic mass is 9.73. The van der Waals surface area contributed by atoms with Crippen molar-refractivity contribution in [2.24, 2.45) is 0 Å². The number of hydrogen-bond acceptors (Lipinski definition) is 5. The van der Waals surface area contributed by atoms with Crippen molar-refractivity contribution in [3.8, 4) is 0 Å². The lowest BCUT2D eigenvalue weighted by Crippen LogP contribution is -2.53. The van der Waals surface area contributed by atoms with Gasteiger partial charge in [-0.1, -0.05) is 18.2 Å². The number of nitrogens with zero attached hydrogens (tertiary/aromatic N) is 1. The van der Waals surface area contributed by atoms with Crippen molar-refractivity contribution < 1.29 is 23.8 Å². The molecule has 0 bridgehead atoms. The van der Waals surface area contributed by atoms with Crippen LogP contribution in [0.25, 0.3) is 0 Å². The molecule has 1 aromatic rings. The van der Waals surface area contributed by atoms with Crippen molar-refractivity contribution in [2.45, 2.75) is 44.8 Å². The molecule has 2 heterocycles. The Morgan fingerprint density at radius 3 is 2.81 bits per heavy atom. The molecule has 7 heteroatoms. The van der Waals surface area contributed by atoms with Crippen LogP contribution in [-0.2, 0) is 19.6 Å². The van der Waals surface area contributed by atoms with Gasteiger partial charge in [-0.2, -0.15) is 0 Å². The predicted octanol–water partition coefficient (Wildman–Crippen LogP) is 3.17. The molecule has 2 aliphatic rings. The Balaban J connectivity index is 1.88. The number of fused-ring (bicyclic) bond motifs is 3. The Labute approximate surface area is 153 Å². The molecule has 1 fully saturated rings. The van der Waals surface area contributed by atoms with E-state index in [-0.39, 0.29) is 5.41 Å². The largest absolute Gasteiger partial charge is 0.450 e. The zero-order valence-electron chi connectivity index (χ0n) is 15.3. The van der Waals surface area contributed by atoms with Gasteiger partial charge in [-0.25, -0.2) is 14.5 Å². The summed E-state index contributed by atoms with van der Waals surface area (Å²) in [5.41, 5.74) is 1.54. The maximum absolute atomic E-state index is 12.6. The zero-order chi connectivity index (χ0) is 18.6. The molecular weight excluding hydrogens is 336 g/mol. The minimum atomic E-state index is -0.425. The van der Waals surface area contributed by atoms with Crippen molar-refractivity contribution in [2.75, 3.05) is 31.3 Å². The van der Waals surface area contributed by atoms with Crippen LogP contribution in [0.3, 0.4) is 0 Å². The summed E-state index contributed by atoms with van der Waals surface area (Å²) in [5, 5.41) is 2.79. The van der Waals surface area contributed by atoms with Gasteiger partial charge < -0.3 is 19.5 Å². The highest BCUT2D eigenvalue weighted by Gasteiger charge is 2.55. The normalized spacial score (nSPS) is 23.8. The summed E-state index contributed by atoms with van der Waals surface area (Å²) in [6.07, 6.45) is 1.20. The Morgan fingerprint density at radius 1 is 1.27 bits per heavy atom. The number of ether oxygens (including phenoxy) is 3. The summed E-state index contributed by atoms with van der Waals surface area (Å²) in [6, 6.07) is 7.85.